The van der Waals surface area contributed by atoms with Crippen molar-refractivity contribution in [3.8, 4) is 23.0 Å². The molecule has 286 valence electrons. The Balaban J connectivity index is 1.68. The summed E-state index contributed by atoms with van der Waals surface area (Å²) in [6, 6.07) is 1.51. The lowest BCUT2D eigenvalue weighted by molar-refractivity contribution is -0.151. The highest BCUT2D eigenvalue weighted by Gasteiger charge is 2.48. The number of methoxy groups -OCH3 is 1. The van der Waals surface area contributed by atoms with Crippen molar-refractivity contribution in [1.29, 1.82) is 0 Å². The van der Waals surface area contributed by atoms with Gasteiger partial charge in [0.05, 0.1) is 18.2 Å². The van der Waals surface area contributed by atoms with Crippen molar-refractivity contribution in [3.05, 3.63) is 101 Å². The van der Waals surface area contributed by atoms with Gasteiger partial charge < -0.3 is 34.3 Å². The van der Waals surface area contributed by atoms with E-state index in [9.17, 15) is 39.3 Å². The molecule has 0 aromatic heterocycles. The lowest BCUT2D eigenvalue weighted by atomic mass is 9.87. The molecule has 0 spiro atoms. The van der Waals surface area contributed by atoms with E-state index in [-0.39, 0.29) is 55.1 Å². The molecule has 0 saturated carbocycles. The number of esters is 3. The number of benzene rings is 3. The number of aryl methyl sites for hydroxylation is 1. The zero-order valence-electron chi connectivity index (χ0n) is 32.0. The number of carboxylic acids is 1. The number of aromatic hydroxyl groups is 1. The molecule has 0 unspecified atom stereocenters. The molecule has 0 bridgehead atoms. The molecule has 0 aliphatic heterocycles. The van der Waals surface area contributed by atoms with E-state index in [0.29, 0.717) is 57.5 Å². The summed E-state index contributed by atoms with van der Waals surface area (Å²) in [5, 5.41) is 32.4. The fourth-order valence-electron chi connectivity index (χ4n) is 6.87. The maximum Gasteiger partial charge on any atom is 0.356 e. The number of ether oxygens (including phenoxy) is 4. The standard InChI is InChI=1S/C41H43BrO12/c1-12-26-23(9)31(37(45)46)24(10)27(13-2)36(26)53-38(47)30-17(3)14-28(19(5)20(30)6)52-39(48)32-21(7)22(8)35(33(42)34(32)44)54-40(49)41(50)18(4)15-25(43)16-29(41)51-11/h14-16,44,50H,12-13H2,1-11H3,(H,45,46)/t41-/m1/s1. The summed E-state index contributed by atoms with van der Waals surface area (Å²) in [4.78, 5) is 65.0. The molecule has 3 aromatic rings. The predicted molar refractivity (Wildman–Crippen MR) is 202 cm³/mol. The average Bonchev–Trinajstić information content (AvgIpc) is 3.09. The molecule has 1 atom stereocenters. The smallest absolute Gasteiger partial charge is 0.356 e. The summed E-state index contributed by atoms with van der Waals surface area (Å²) in [7, 11) is 1.19. The van der Waals surface area contributed by atoms with Gasteiger partial charge in [-0.25, -0.2) is 19.2 Å². The Morgan fingerprint density at radius 2 is 1.26 bits per heavy atom. The zero-order valence-corrected chi connectivity index (χ0v) is 33.6. The highest BCUT2D eigenvalue weighted by molar-refractivity contribution is 9.10. The van der Waals surface area contributed by atoms with Crippen LogP contribution in [0.25, 0.3) is 0 Å². The molecular weight excluding hydrogens is 764 g/mol. The van der Waals surface area contributed by atoms with Crippen molar-refractivity contribution in [2.75, 3.05) is 7.11 Å². The number of carboxylic acid groups (broad SMARTS) is 1. The zero-order chi connectivity index (χ0) is 40.7. The lowest BCUT2D eigenvalue weighted by Gasteiger charge is -2.30. The van der Waals surface area contributed by atoms with Crippen LogP contribution >= 0.6 is 15.9 Å². The van der Waals surface area contributed by atoms with Crippen LogP contribution in [0.15, 0.2) is 34.0 Å². The summed E-state index contributed by atoms with van der Waals surface area (Å²) >= 11 is 3.22. The van der Waals surface area contributed by atoms with Gasteiger partial charge in [0.1, 0.15) is 33.0 Å². The Hall–Kier alpha value is -5.27. The third-order valence-electron chi connectivity index (χ3n) is 10.2. The number of carbonyl (C=O) groups is 5. The topological polar surface area (TPSA) is 183 Å². The fourth-order valence-corrected chi connectivity index (χ4v) is 7.45. The van der Waals surface area contributed by atoms with Crippen LogP contribution in [0.3, 0.4) is 0 Å². The highest BCUT2D eigenvalue weighted by atomic mass is 79.9. The minimum atomic E-state index is -2.43. The lowest BCUT2D eigenvalue weighted by Crippen LogP contribution is -2.47. The number of aliphatic hydroxyl groups is 1. The van der Waals surface area contributed by atoms with Crippen LogP contribution in [0.1, 0.15) is 102 Å². The molecule has 0 saturated heterocycles. The van der Waals surface area contributed by atoms with Gasteiger partial charge >= 0.3 is 23.9 Å². The van der Waals surface area contributed by atoms with E-state index in [4.69, 9.17) is 18.9 Å². The molecule has 3 aromatic carbocycles. The van der Waals surface area contributed by atoms with Gasteiger partial charge in [-0.05, 0) is 152 Å². The van der Waals surface area contributed by atoms with Crippen molar-refractivity contribution in [2.24, 2.45) is 0 Å². The van der Waals surface area contributed by atoms with Crippen LogP contribution < -0.4 is 14.2 Å². The second-order valence-corrected chi connectivity index (χ2v) is 14.0. The monoisotopic (exact) mass is 806 g/mol. The molecule has 0 radical (unpaired) electrons. The van der Waals surface area contributed by atoms with Gasteiger partial charge in [-0.3, -0.25) is 4.79 Å². The van der Waals surface area contributed by atoms with Crippen molar-refractivity contribution < 1.29 is 58.2 Å². The van der Waals surface area contributed by atoms with Crippen molar-refractivity contribution >= 4 is 45.6 Å². The summed E-state index contributed by atoms with van der Waals surface area (Å²) < 4.78 is 22.4. The molecule has 4 rings (SSSR count). The van der Waals surface area contributed by atoms with Gasteiger partial charge in [-0.1, -0.05) is 13.8 Å². The van der Waals surface area contributed by atoms with Crippen LogP contribution in [0.5, 0.6) is 23.0 Å². The number of allylic oxidation sites excluding steroid dienone is 2. The number of hydrogen-bond donors (Lipinski definition) is 3. The average molecular weight is 808 g/mol. The van der Waals surface area contributed by atoms with E-state index in [2.05, 4.69) is 15.9 Å². The Labute approximate surface area is 321 Å². The normalized spacial score (nSPS) is 15.3. The second kappa shape index (κ2) is 15.6. The SMILES string of the molecule is CCc1c(C)c(C(=O)O)c(C)c(CC)c1OC(=O)c1c(C)cc(OC(=O)c2c(C)c(C)c(OC(=O)[C@@]3(O)C(C)=CC(=O)C=C3OC)c(Br)c2O)c(C)c1C. The van der Waals surface area contributed by atoms with Crippen LogP contribution in [0, 0.1) is 48.5 Å². The molecular formula is C41H43BrO12. The Bertz CT molecular complexity index is 2170. The van der Waals surface area contributed by atoms with Crippen LogP contribution in [-0.4, -0.2) is 57.7 Å². The minimum absolute atomic E-state index is 0.0389. The van der Waals surface area contributed by atoms with E-state index >= 15 is 0 Å². The first-order valence-corrected chi connectivity index (χ1v) is 17.9. The molecule has 1 aliphatic rings. The first-order chi connectivity index (χ1) is 25.2. The number of aromatic carboxylic acids is 1. The molecule has 54 heavy (non-hydrogen) atoms. The predicted octanol–water partition coefficient (Wildman–Crippen LogP) is 7.27. The maximum absolute atomic E-state index is 13.8. The number of rotatable bonds is 10. The van der Waals surface area contributed by atoms with Gasteiger partial charge in [0.25, 0.3) is 0 Å². The van der Waals surface area contributed by atoms with Gasteiger partial charge in [0.2, 0.25) is 5.60 Å². The third-order valence-corrected chi connectivity index (χ3v) is 10.9. The largest absolute Gasteiger partial charge is 0.506 e. The van der Waals surface area contributed by atoms with Crippen LogP contribution in [0.2, 0.25) is 0 Å². The Kier molecular flexibility index (Phi) is 12.0. The van der Waals surface area contributed by atoms with Crippen molar-refractivity contribution in [1.82, 2.24) is 0 Å². The van der Waals surface area contributed by atoms with Gasteiger partial charge in [0, 0.05) is 6.08 Å². The van der Waals surface area contributed by atoms with Crippen LogP contribution in [-0.2, 0) is 27.2 Å². The summed E-state index contributed by atoms with van der Waals surface area (Å²) in [6.45, 7) is 16.6. The Morgan fingerprint density at radius 3 is 1.78 bits per heavy atom. The highest BCUT2D eigenvalue weighted by Crippen LogP contribution is 2.44. The Morgan fingerprint density at radius 1 is 0.722 bits per heavy atom. The summed E-state index contributed by atoms with van der Waals surface area (Å²) in [6.07, 6.45) is 2.91. The van der Waals surface area contributed by atoms with Crippen LogP contribution in [0.4, 0.5) is 0 Å². The molecule has 1 aliphatic carbocycles. The van der Waals surface area contributed by atoms with Gasteiger partial charge in [0.15, 0.2) is 11.5 Å². The van der Waals surface area contributed by atoms with E-state index in [1.165, 1.54) is 33.9 Å². The second-order valence-electron chi connectivity index (χ2n) is 13.2. The minimum Gasteiger partial charge on any atom is -0.506 e. The molecule has 13 heteroatoms. The summed E-state index contributed by atoms with van der Waals surface area (Å²) in [5.74, 6) is -5.03. The maximum atomic E-state index is 13.8. The molecule has 3 N–H and O–H groups in total. The quantitative estimate of drug-likeness (QED) is 0.138. The molecule has 0 fully saturated rings. The number of phenols is 1. The number of phenolic OH excluding ortho intramolecular Hbond substituents is 1. The number of halogens is 1. The van der Waals surface area contributed by atoms with Crippen molar-refractivity contribution in [2.45, 2.75) is 87.7 Å². The molecule has 12 nitrogen and oxygen atoms in total. The van der Waals surface area contributed by atoms with Crippen molar-refractivity contribution in [3.63, 3.8) is 0 Å². The number of ketones is 1. The van der Waals surface area contributed by atoms with Gasteiger partial charge in [-0.15, -0.1) is 0 Å². The first-order valence-electron chi connectivity index (χ1n) is 17.1. The van der Waals surface area contributed by atoms with E-state index < -0.39 is 41.0 Å². The van der Waals surface area contributed by atoms with E-state index in [1.54, 1.807) is 34.6 Å². The third kappa shape index (κ3) is 6.93. The first kappa shape index (κ1) is 41.5. The molecule has 0 amide bonds. The number of carbonyl (C=O) groups excluding carboxylic acids is 4. The number of hydrogen-bond acceptors (Lipinski definition) is 11. The fraction of sp³-hybridized carbons (Fsp3) is 0.341. The van der Waals surface area contributed by atoms with E-state index in [1.807, 2.05) is 13.8 Å². The summed E-state index contributed by atoms with van der Waals surface area (Å²) in [5.41, 5.74) is 1.88. The van der Waals surface area contributed by atoms with Gasteiger partial charge in [-0.2, -0.15) is 0 Å². The molecule has 0 heterocycles. The van der Waals surface area contributed by atoms with E-state index in [0.717, 1.165) is 12.2 Å².